The van der Waals surface area contributed by atoms with E-state index in [-0.39, 0.29) is 12.3 Å². The zero-order valence-electron chi connectivity index (χ0n) is 5.92. The van der Waals surface area contributed by atoms with E-state index < -0.39 is 0 Å². The molecule has 1 amide bonds. The lowest BCUT2D eigenvalue weighted by atomic mass is 10.4. The van der Waals surface area contributed by atoms with Gasteiger partial charge in [0, 0.05) is 20.0 Å². The lowest BCUT2D eigenvalue weighted by molar-refractivity contribution is -0.117. The molecule has 5 heteroatoms. The van der Waals surface area contributed by atoms with Crippen LogP contribution >= 0.6 is 0 Å². The van der Waals surface area contributed by atoms with Crippen LogP contribution in [0.2, 0.25) is 0 Å². The van der Waals surface area contributed by atoms with E-state index in [0.29, 0.717) is 12.5 Å². The van der Waals surface area contributed by atoms with E-state index in [0.717, 1.165) is 0 Å². The van der Waals surface area contributed by atoms with E-state index in [9.17, 15) is 4.79 Å². The van der Waals surface area contributed by atoms with Crippen LogP contribution in [0.3, 0.4) is 0 Å². The first-order valence-electron chi connectivity index (χ1n) is 2.91. The van der Waals surface area contributed by atoms with E-state index in [1.54, 1.807) is 7.05 Å². The first-order chi connectivity index (χ1) is 4.66. The SMILES string of the molecule is CN=C(N)NCCC(N)=O. The van der Waals surface area contributed by atoms with Crippen molar-refractivity contribution in [2.45, 2.75) is 6.42 Å². The van der Waals surface area contributed by atoms with Gasteiger partial charge in [-0.25, -0.2) is 0 Å². The number of aliphatic imine (C=N–C) groups is 1. The number of nitrogens with one attached hydrogen (secondary N) is 1. The number of carbonyl (C=O) groups excluding carboxylic acids is 1. The largest absolute Gasteiger partial charge is 0.370 e. The van der Waals surface area contributed by atoms with E-state index in [4.69, 9.17) is 11.5 Å². The average molecular weight is 144 g/mol. The molecule has 0 aliphatic heterocycles. The lowest BCUT2D eigenvalue weighted by Crippen LogP contribution is -2.33. The summed E-state index contributed by atoms with van der Waals surface area (Å²) >= 11 is 0. The molecule has 0 spiro atoms. The number of rotatable bonds is 3. The number of nitrogens with zero attached hydrogens (tertiary/aromatic N) is 1. The van der Waals surface area contributed by atoms with Crippen molar-refractivity contribution in [2.75, 3.05) is 13.6 Å². The highest BCUT2D eigenvalue weighted by atomic mass is 16.1. The molecule has 58 valence electrons. The number of nitrogens with two attached hydrogens (primary N) is 2. The Hall–Kier alpha value is -1.26. The number of hydrogen-bond donors (Lipinski definition) is 3. The smallest absolute Gasteiger partial charge is 0.219 e. The van der Waals surface area contributed by atoms with Crippen LogP contribution in [0.25, 0.3) is 0 Å². The molecule has 0 aliphatic rings. The topological polar surface area (TPSA) is 93.5 Å². The van der Waals surface area contributed by atoms with Gasteiger partial charge in [0.05, 0.1) is 0 Å². The molecule has 0 rings (SSSR count). The number of guanidine groups is 1. The molecule has 0 aromatic rings. The Labute approximate surface area is 59.5 Å². The molecule has 0 heterocycles. The highest BCUT2D eigenvalue weighted by molar-refractivity contribution is 5.79. The van der Waals surface area contributed by atoms with Gasteiger partial charge in [0.2, 0.25) is 5.91 Å². The maximum Gasteiger partial charge on any atom is 0.219 e. The molecule has 0 bridgehead atoms. The molecule has 0 radical (unpaired) electrons. The summed E-state index contributed by atoms with van der Waals surface area (Å²) < 4.78 is 0. The second-order valence-corrected chi connectivity index (χ2v) is 1.75. The van der Waals surface area contributed by atoms with Crippen molar-refractivity contribution >= 4 is 11.9 Å². The second-order valence-electron chi connectivity index (χ2n) is 1.75. The van der Waals surface area contributed by atoms with E-state index in [1.165, 1.54) is 0 Å². The van der Waals surface area contributed by atoms with Crippen molar-refractivity contribution in [1.29, 1.82) is 0 Å². The van der Waals surface area contributed by atoms with E-state index in [2.05, 4.69) is 10.3 Å². The number of carbonyl (C=O) groups is 1. The number of hydrogen-bond acceptors (Lipinski definition) is 2. The third-order valence-corrected chi connectivity index (χ3v) is 0.918. The van der Waals surface area contributed by atoms with Gasteiger partial charge in [0.1, 0.15) is 0 Å². The summed E-state index contributed by atoms with van der Waals surface area (Å²) in [7, 11) is 1.56. The number of amides is 1. The molecule has 0 aromatic carbocycles. The molecule has 0 atom stereocenters. The quantitative estimate of drug-likeness (QED) is 0.329. The first kappa shape index (κ1) is 8.74. The van der Waals surface area contributed by atoms with Crippen LogP contribution in [-0.4, -0.2) is 25.5 Å². The molecular weight excluding hydrogens is 132 g/mol. The van der Waals surface area contributed by atoms with Crippen molar-refractivity contribution < 1.29 is 4.79 Å². The third kappa shape index (κ3) is 4.89. The minimum Gasteiger partial charge on any atom is -0.370 e. The normalized spacial score (nSPS) is 11.1. The van der Waals surface area contributed by atoms with Gasteiger partial charge in [-0.3, -0.25) is 9.79 Å². The van der Waals surface area contributed by atoms with Gasteiger partial charge in [-0.2, -0.15) is 0 Å². The minimum atomic E-state index is -0.351. The molecule has 0 saturated carbocycles. The molecule has 5 nitrogen and oxygen atoms in total. The van der Waals surface area contributed by atoms with Gasteiger partial charge in [-0.05, 0) is 0 Å². The summed E-state index contributed by atoms with van der Waals surface area (Å²) in [6, 6.07) is 0. The summed E-state index contributed by atoms with van der Waals surface area (Å²) in [5.41, 5.74) is 10.1. The third-order valence-electron chi connectivity index (χ3n) is 0.918. The zero-order valence-corrected chi connectivity index (χ0v) is 5.92. The van der Waals surface area contributed by atoms with Crippen molar-refractivity contribution in [1.82, 2.24) is 5.32 Å². The van der Waals surface area contributed by atoms with Gasteiger partial charge in [0.25, 0.3) is 0 Å². The summed E-state index contributed by atoms with van der Waals surface area (Å²) in [4.78, 5) is 13.8. The summed E-state index contributed by atoms with van der Waals surface area (Å²) in [6.07, 6.45) is 0.274. The van der Waals surface area contributed by atoms with Crippen LogP contribution in [0, 0.1) is 0 Å². The molecule has 10 heavy (non-hydrogen) atoms. The standard InChI is InChI=1S/C5H12N4O/c1-8-5(7)9-3-2-4(6)10/h2-3H2,1H3,(H2,6,10)(H3,7,8,9). The summed E-state index contributed by atoms with van der Waals surface area (Å²) in [6.45, 7) is 0.443. The summed E-state index contributed by atoms with van der Waals surface area (Å²) in [5.74, 6) is -0.0300. The predicted molar refractivity (Wildman–Crippen MR) is 39.4 cm³/mol. The van der Waals surface area contributed by atoms with Crippen molar-refractivity contribution in [3.63, 3.8) is 0 Å². The zero-order chi connectivity index (χ0) is 7.98. The van der Waals surface area contributed by atoms with Crippen LogP contribution < -0.4 is 16.8 Å². The van der Waals surface area contributed by atoms with Crippen LogP contribution in [0.4, 0.5) is 0 Å². The highest BCUT2D eigenvalue weighted by Crippen LogP contribution is 1.70. The van der Waals surface area contributed by atoms with Crippen molar-refractivity contribution in [3.05, 3.63) is 0 Å². The molecule has 0 aliphatic carbocycles. The highest BCUT2D eigenvalue weighted by Gasteiger charge is 1.92. The molecule has 0 aromatic heterocycles. The van der Waals surface area contributed by atoms with E-state index in [1.807, 2.05) is 0 Å². The molecule has 0 unspecified atom stereocenters. The fourth-order valence-corrected chi connectivity index (χ4v) is 0.393. The Balaban J connectivity index is 3.29. The Morgan fingerprint density at radius 3 is 2.60 bits per heavy atom. The van der Waals surface area contributed by atoms with Gasteiger partial charge in [-0.15, -0.1) is 0 Å². The fourth-order valence-electron chi connectivity index (χ4n) is 0.393. The maximum absolute atomic E-state index is 10.2. The monoisotopic (exact) mass is 144 g/mol. The Kier molecular flexibility index (Phi) is 4.02. The minimum absolute atomic E-state index is 0.274. The maximum atomic E-state index is 10.2. The van der Waals surface area contributed by atoms with Crippen molar-refractivity contribution in [3.8, 4) is 0 Å². The van der Waals surface area contributed by atoms with Crippen LogP contribution in [0.1, 0.15) is 6.42 Å². The van der Waals surface area contributed by atoms with Gasteiger partial charge >= 0.3 is 0 Å². The van der Waals surface area contributed by atoms with Crippen LogP contribution in [0.5, 0.6) is 0 Å². The average Bonchev–Trinajstić information content (AvgIpc) is 1.87. The summed E-state index contributed by atoms with van der Waals surface area (Å²) in [5, 5.41) is 2.69. The van der Waals surface area contributed by atoms with E-state index >= 15 is 0 Å². The Morgan fingerprint density at radius 2 is 2.20 bits per heavy atom. The van der Waals surface area contributed by atoms with Crippen LogP contribution in [-0.2, 0) is 4.79 Å². The van der Waals surface area contributed by atoms with Gasteiger partial charge < -0.3 is 16.8 Å². The Bertz CT molecular complexity index is 143. The molecule has 0 fully saturated rings. The van der Waals surface area contributed by atoms with Crippen LogP contribution in [0.15, 0.2) is 4.99 Å². The Morgan fingerprint density at radius 1 is 1.60 bits per heavy atom. The van der Waals surface area contributed by atoms with Gasteiger partial charge in [0.15, 0.2) is 5.96 Å². The first-order valence-corrected chi connectivity index (χ1v) is 2.91. The molecular formula is C5H12N4O. The molecule has 0 saturated heterocycles. The lowest BCUT2D eigenvalue weighted by Gasteiger charge is -2.00. The number of primary amides is 1. The van der Waals surface area contributed by atoms with Crippen molar-refractivity contribution in [2.24, 2.45) is 16.5 Å². The predicted octanol–water partition coefficient (Wildman–Crippen LogP) is -1.60. The molecule has 5 N–H and O–H groups in total. The van der Waals surface area contributed by atoms with Gasteiger partial charge in [-0.1, -0.05) is 0 Å². The fraction of sp³-hybridized carbons (Fsp3) is 0.600. The second kappa shape index (κ2) is 4.60.